The van der Waals surface area contributed by atoms with E-state index in [0.717, 1.165) is 45.1 Å². The number of esters is 1. The molecule has 3 rings (SSSR count). The van der Waals surface area contributed by atoms with Gasteiger partial charge < -0.3 is 14.7 Å². The van der Waals surface area contributed by atoms with Gasteiger partial charge in [0, 0.05) is 13.0 Å². The summed E-state index contributed by atoms with van der Waals surface area (Å²) < 4.78 is 5.40. The fourth-order valence-electron chi connectivity index (χ4n) is 5.64. The van der Waals surface area contributed by atoms with Crippen LogP contribution in [0.25, 0.3) is 0 Å². The first-order valence-corrected chi connectivity index (χ1v) is 13.5. The van der Waals surface area contributed by atoms with Gasteiger partial charge >= 0.3 is 5.97 Å². The van der Waals surface area contributed by atoms with Crippen molar-refractivity contribution >= 4 is 23.3 Å². The standard InChI is InChI=1S/C28H47N3O4/c1-9-18-23(33)22-24(30-25(18)34)31(15-13-11-10-12-14-21(32)35-26(2,3)4)20-17-28(7,8)27(5,6)16-19(20)29-22/h18-20,25,34H,9-17H2,1-8H3. The van der Waals surface area contributed by atoms with Gasteiger partial charge in [-0.3, -0.25) is 14.6 Å². The van der Waals surface area contributed by atoms with Gasteiger partial charge in [-0.05, 0) is 63.7 Å². The number of aliphatic imine (C=N–C) groups is 2. The molecule has 0 aromatic heterocycles. The fraction of sp³-hybridized carbons (Fsp3) is 0.857. The smallest absolute Gasteiger partial charge is 0.306 e. The van der Waals surface area contributed by atoms with E-state index >= 15 is 0 Å². The molecule has 4 unspecified atom stereocenters. The first-order chi connectivity index (χ1) is 16.2. The van der Waals surface area contributed by atoms with E-state index < -0.39 is 17.7 Å². The molecule has 0 saturated heterocycles. The van der Waals surface area contributed by atoms with Gasteiger partial charge in [-0.1, -0.05) is 47.5 Å². The molecule has 3 aliphatic rings. The number of ketones is 1. The normalized spacial score (nSPS) is 29.6. The summed E-state index contributed by atoms with van der Waals surface area (Å²) in [6, 6.07) is 0.247. The van der Waals surface area contributed by atoms with Crippen LogP contribution in [0.3, 0.4) is 0 Å². The largest absolute Gasteiger partial charge is 0.460 e. The predicted molar refractivity (Wildman–Crippen MR) is 140 cm³/mol. The molecule has 7 heteroatoms. The minimum atomic E-state index is -0.998. The molecule has 198 valence electrons. The Hall–Kier alpha value is -1.76. The molecule has 1 fully saturated rings. The second-order valence-corrected chi connectivity index (χ2v) is 13.0. The summed E-state index contributed by atoms with van der Waals surface area (Å²) >= 11 is 0. The number of nitrogens with zero attached hydrogens (tertiary/aromatic N) is 3. The third-order valence-corrected chi connectivity index (χ3v) is 8.47. The predicted octanol–water partition coefficient (Wildman–Crippen LogP) is 4.94. The van der Waals surface area contributed by atoms with Crippen molar-refractivity contribution in [2.75, 3.05) is 6.54 Å². The lowest BCUT2D eigenvalue weighted by atomic mass is 9.56. The third kappa shape index (κ3) is 6.15. The van der Waals surface area contributed by atoms with E-state index in [9.17, 15) is 14.7 Å². The summed E-state index contributed by atoms with van der Waals surface area (Å²) in [5.41, 5.74) is 0.269. The molecule has 0 spiro atoms. The van der Waals surface area contributed by atoms with Crippen LogP contribution in [0, 0.1) is 16.7 Å². The van der Waals surface area contributed by atoms with Crippen molar-refractivity contribution in [3.8, 4) is 0 Å². The van der Waals surface area contributed by atoms with Crippen molar-refractivity contribution < 1.29 is 19.4 Å². The topological polar surface area (TPSA) is 91.6 Å². The highest BCUT2D eigenvalue weighted by Gasteiger charge is 2.53. The van der Waals surface area contributed by atoms with Crippen LogP contribution in [0.4, 0.5) is 0 Å². The van der Waals surface area contributed by atoms with Crippen LogP contribution >= 0.6 is 0 Å². The number of carbonyl (C=O) groups excluding carboxylic acids is 2. The molecule has 1 aliphatic carbocycles. The number of aliphatic hydroxyl groups is 1. The van der Waals surface area contributed by atoms with Crippen LogP contribution in [0.15, 0.2) is 9.98 Å². The number of carbonyl (C=O) groups is 2. The second kappa shape index (κ2) is 10.3. The fourth-order valence-corrected chi connectivity index (χ4v) is 5.64. The molecule has 7 nitrogen and oxygen atoms in total. The van der Waals surface area contributed by atoms with E-state index in [1.165, 1.54) is 0 Å². The highest BCUT2D eigenvalue weighted by molar-refractivity contribution is 6.68. The maximum absolute atomic E-state index is 13.2. The molecule has 0 aromatic rings. The van der Waals surface area contributed by atoms with Gasteiger partial charge in [0.1, 0.15) is 11.3 Å². The van der Waals surface area contributed by atoms with Crippen molar-refractivity contribution in [1.82, 2.24) is 4.90 Å². The van der Waals surface area contributed by atoms with E-state index in [4.69, 9.17) is 9.73 Å². The van der Waals surface area contributed by atoms with Crippen molar-refractivity contribution in [1.29, 1.82) is 0 Å². The number of amidine groups is 1. The quantitative estimate of drug-likeness (QED) is 0.385. The van der Waals surface area contributed by atoms with Crippen LogP contribution in [-0.4, -0.2) is 63.8 Å². The molecule has 2 aliphatic heterocycles. The molecule has 0 amide bonds. The molecule has 0 bridgehead atoms. The molecule has 35 heavy (non-hydrogen) atoms. The van der Waals surface area contributed by atoms with E-state index in [0.29, 0.717) is 24.4 Å². The number of rotatable bonds is 8. The van der Waals surface area contributed by atoms with Gasteiger partial charge in [0.25, 0.3) is 0 Å². The molecular weight excluding hydrogens is 442 g/mol. The van der Waals surface area contributed by atoms with Gasteiger partial charge in [-0.2, -0.15) is 0 Å². The van der Waals surface area contributed by atoms with Gasteiger partial charge in [0.15, 0.2) is 17.8 Å². The zero-order valence-corrected chi connectivity index (χ0v) is 23.2. The van der Waals surface area contributed by atoms with Gasteiger partial charge in [0.05, 0.1) is 18.0 Å². The average molecular weight is 490 g/mol. The number of fused-ring (bicyclic) bond motifs is 2. The van der Waals surface area contributed by atoms with Crippen LogP contribution in [0.2, 0.25) is 0 Å². The Morgan fingerprint density at radius 3 is 2.31 bits per heavy atom. The molecule has 1 saturated carbocycles. The van der Waals surface area contributed by atoms with Crippen LogP contribution < -0.4 is 0 Å². The van der Waals surface area contributed by atoms with E-state index in [2.05, 4.69) is 37.6 Å². The Balaban J connectivity index is 1.70. The summed E-state index contributed by atoms with van der Waals surface area (Å²) in [7, 11) is 0. The SMILES string of the molecule is CCC1C(=O)C2=NC3CC(C)(C)C(C)(C)CC3N(CCCCCCC(=O)OC(C)(C)C)C2=NC1O. The maximum atomic E-state index is 13.2. The second-order valence-electron chi connectivity index (χ2n) is 13.0. The highest BCUT2D eigenvalue weighted by atomic mass is 16.6. The van der Waals surface area contributed by atoms with Crippen molar-refractivity contribution in [2.45, 2.75) is 131 Å². The zero-order chi connectivity index (χ0) is 26.2. The van der Waals surface area contributed by atoms with Crippen LogP contribution in [0.5, 0.6) is 0 Å². The number of hydrogen-bond acceptors (Lipinski definition) is 7. The van der Waals surface area contributed by atoms with Crippen LogP contribution in [0.1, 0.15) is 107 Å². The first kappa shape index (κ1) is 27.8. The maximum Gasteiger partial charge on any atom is 0.306 e. The molecule has 2 heterocycles. The lowest BCUT2D eigenvalue weighted by molar-refractivity contribution is -0.154. The summed E-state index contributed by atoms with van der Waals surface area (Å²) in [5.74, 6) is -0.109. The van der Waals surface area contributed by atoms with Crippen molar-refractivity contribution in [2.24, 2.45) is 26.7 Å². The minimum absolute atomic E-state index is 0.0616. The molecule has 0 aromatic carbocycles. The molecular formula is C28H47N3O4. The number of aliphatic hydroxyl groups excluding tert-OH is 1. The van der Waals surface area contributed by atoms with Crippen molar-refractivity contribution in [3.63, 3.8) is 0 Å². The van der Waals surface area contributed by atoms with E-state index in [1.807, 2.05) is 27.7 Å². The Labute approximate surface area is 211 Å². The third-order valence-electron chi connectivity index (χ3n) is 8.47. The molecule has 1 N–H and O–H groups in total. The number of ether oxygens (including phenoxy) is 1. The number of unbranched alkanes of at least 4 members (excludes halogenated alkanes) is 3. The van der Waals surface area contributed by atoms with Gasteiger partial charge in [-0.25, -0.2) is 4.99 Å². The summed E-state index contributed by atoms with van der Waals surface area (Å²) in [5, 5.41) is 10.6. The monoisotopic (exact) mass is 489 g/mol. The molecule has 4 atom stereocenters. The average Bonchev–Trinajstić information content (AvgIpc) is 2.70. The van der Waals surface area contributed by atoms with E-state index in [-0.39, 0.29) is 34.7 Å². The first-order valence-electron chi connectivity index (χ1n) is 13.5. The Morgan fingerprint density at radius 1 is 1.06 bits per heavy atom. The lowest BCUT2D eigenvalue weighted by Crippen LogP contribution is -2.63. The Morgan fingerprint density at radius 2 is 1.69 bits per heavy atom. The van der Waals surface area contributed by atoms with Crippen molar-refractivity contribution in [3.05, 3.63) is 0 Å². The Bertz CT molecular complexity index is 868. The summed E-state index contributed by atoms with van der Waals surface area (Å²) in [6.45, 7) is 17.6. The van der Waals surface area contributed by atoms with E-state index in [1.54, 1.807) is 0 Å². The highest BCUT2D eigenvalue weighted by Crippen LogP contribution is 2.52. The number of hydrogen-bond donors (Lipinski definition) is 1. The minimum Gasteiger partial charge on any atom is -0.460 e. The van der Waals surface area contributed by atoms with Gasteiger partial charge in [0.2, 0.25) is 0 Å². The van der Waals surface area contributed by atoms with Crippen LogP contribution in [-0.2, 0) is 14.3 Å². The Kier molecular flexibility index (Phi) is 8.20. The number of Topliss-reactive ketones (excluding diaryl/α,β-unsaturated/α-hetero) is 1. The lowest BCUT2D eigenvalue weighted by Gasteiger charge is -2.56. The van der Waals surface area contributed by atoms with Gasteiger partial charge in [-0.15, -0.1) is 0 Å². The summed E-state index contributed by atoms with van der Waals surface area (Å²) in [6.07, 6.45) is 5.59. The zero-order valence-electron chi connectivity index (χ0n) is 23.2. The molecule has 0 radical (unpaired) electrons. The summed E-state index contributed by atoms with van der Waals surface area (Å²) in [4.78, 5) is 37.1.